The van der Waals surface area contributed by atoms with E-state index in [0.717, 1.165) is 50.3 Å². The molecule has 5 rings (SSSR count). The Morgan fingerprint density at radius 3 is 2.89 bits per heavy atom. The molecule has 0 unspecified atom stereocenters. The first-order valence-electron chi connectivity index (χ1n) is 9.81. The molecule has 2 aliphatic heterocycles. The van der Waals surface area contributed by atoms with E-state index in [9.17, 15) is 4.79 Å². The van der Waals surface area contributed by atoms with Crippen LogP contribution in [0, 0.1) is 12.8 Å². The summed E-state index contributed by atoms with van der Waals surface area (Å²) in [4.78, 5) is 22.0. The SMILES string of the molecule is Cc1c(C(=O)N2CCN3[C@@H](COC[C@@H]3C3CC3)C2)cnn1-c1ccccn1. The second-order valence-electron chi connectivity index (χ2n) is 7.83. The van der Waals surface area contributed by atoms with E-state index >= 15 is 0 Å². The van der Waals surface area contributed by atoms with Crippen molar-refractivity contribution >= 4 is 5.91 Å². The van der Waals surface area contributed by atoms with E-state index in [1.807, 2.05) is 30.0 Å². The Balaban J connectivity index is 1.33. The molecule has 0 radical (unpaired) electrons. The van der Waals surface area contributed by atoms with Crippen molar-refractivity contribution in [3.05, 3.63) is 41.9 Å². The van der Waals surface area contributed by atoms with E-state index in [1.54, 1.807) is 17.1 Å². The van der Waals surface area contributed by atoms with Crippen LogP contribution in [-0.2, 0) is 4.74 Å². The number of rotatable bonds is 3. The molecule has 0 spiro atoms. The van der Waals surface area contributed by atoms with Gasteiger partial charge in [0.25, 0.3) is 5.91 Å². The van der Waals surface area contributed by atoms with Gasteiger partial charge in [0.2, 0.25) is 0 Å². The molecule has 2 saturated heterocycles. The fourth-order valence-corrected chi connectivity index (χ4v) is 4.45. The zero-order chi connectivity index (χ0) is 18.4. The molecule has 142 valence electrons. The minimum atomic E-state index is 0.0582. The van der Waals surface area contributed by atoms with Gasteiger partial charge in [-0.15, -0.1) is 0 Å². The lowest BCUT2D eigenvalue weighted by Gasteiger charge is -2.48. The quantitative estimate of drug-likeness (QED) is 0.823. The fourth-order valence-electron chi connectivity index (χ4n) is 4.45. The summed E-state index contributed by atoms with van der Waals surface area (Å²) in [6, 6.07) is 6.55. The van der Waals surface area contributed by atoms with E-state index in [2.05, 4.69) is 15.0 Å². The van der Waals surface area contributed by atoms with Crippen molar-refractivity contribution in [1.82, 2.24) is 24.6 Å². The number of piperazine rings is 1. The van der Waals surface area contributed by atoms with Crippen LogP contribution in [-0.4, -0.2) is 75.4 Å². The first kappa shape index (κ1) is 16.9. The van der Waals surface area contributed by atoms with Crippen LogP contribution in [0.5, 0.6) is 0 Å². The molecule has 0 N–H and O–H groups in total. The Morgan fingerprint density at radius 1 is 1.22 bits per heavy atom. The molecule has 0 bridgehead atoms. The van der Waals surface area contributed by atoms with Gasteiger partial charge in [0.1, 0.15) is 0 Å². The van der Waals surface area contributed by atoms with Gasteiger partial charge in [-0.1, -0.05) is 6.07 Å². The first-order valence-corrected chi connectivity index (χ1v) is 9.81. The zero-order valence-electron chi connectivity index (χ0n) is 15.6. The predicted molar refractivity (Wildman–Crippen MR) is 99.8 cm³/mol. The van der Waals surface area contributed by atoms with Crippen LogP contribution in [0.3, 0.4) is 0 Å². The number of morpholine rings is 1. The van der Waals surface area contributed by atoms with Crippen LogP contribution in [0.15, 0.2) is 30.6 Å². The topological polar surface area (TPSA) is 63.5 Å². The summed E-state index contributed by atoms with van der Waals surface area (Å²) >= 11 is 0. The molecule has 3 fully saturated rings. The van der Waals surface area contributed by atoms with Crippen LogP contribution in [0.2, 0.25) is 0 Å². The maximum atomic E-state index is 13.2. The molecule has 7 heteroatoms. The number of hydrogen-bond acceptors (Lipinski definition) is 5. The summed E-state index contributed by atoms with van der Waals surface area (Å²) in [7, 11) is 0. The Labute approximate surface area is 158 Å². The van der Waals surface area contributed by atoms with Crippen LogP contribution >= 0.6 is 0 Å². The van der Waals surface area contributed by atoms with E-state index in [1.165, 1.54) is 12.8 Å². The Kier molecular flexibility index (Phi) is 4.21. The zero-order valence-corrected chi connectivity index (χ0v) is 15.6. The second-order valence-corrected chi connectivity index (χ2v) is 7.83. The highest BCUT2D eigenvalue weighted by atomic mass is 16.5. The molecule has 1 saturated carbocycles. The maximum Gasteiger partial charge on any atom is 0.257 e. The van der Waals surface area contributed by atoms with Gasteiger partial charge in [-0.2, -0.15) is 5.10 Å². The van der Waals surface area contributed by atoms with E-state index in [0.29, 0.717) is 17.6 Å². The molecule has 7 nitrogen and oxygen atoms in total. The van der Waals surface area contributed by atoms with Crippen molar-refractivity contribution in [3.8, 4) is 5.82 Å². The number of fused-ring (bicyclic) bond motifs is 1. The number of nitrogens with zero attached hydrogens (tertiary/aromatic N) is 5. The monoisotopic (exact) mass is 367 g/mol. The number of carbonyl (C=O) groups is 1. The van der Waals surface area contributed by atoms with E-state index in [4.69, 9.17) is 4.74 Å². The summed E-state index contributed by atoms with van der Waals surface area (Å²) < 4.78 is 7.60. The van der Waals surface area contributed by atoms with Crippen molar-refractivity contribution in [2.75, 3.05) is 32.8 Å². The molecule has 3 aliphatic rings. The molecule has 1 aliphatic carbocycles. The smallest absolute Gasteiger partial charge is 0.257 e. The van der Waals surface area contributed by atoms with Gasteiger partial charge in [0.15, 0.2) is 5.82 Å². The van der Waals surface area contributed by atoms with Gasteiger partial charge in [-0.25, -0.2) is 9.67 Å². The summed E-state index contributed by atoms with van der Waals surface area (Å²) in [6.07, 6.45) is 6.05. The second kappa shape index (κ2) is 6.73. The minimum Gasteiger partial charge on any atom is -0.378 e. The molecule has 4 heterocycles. The van der Waals surface area contributed by atoms with Crippen LogP contribution in [0.1, 0.15) is 28.9 Å². The number of aromatic nitrogens is 3. The van der Waals surface area contributed by atoms with E-state index < -0.39 is 0 Å². The summed E-state index contributed by atoms with van der Waals surface area (Å²) in [5.41, 5.74) is 1.49. The molecule has 27 heavy (non-hydrogen) atoms. The molecular weight excluding hydrogens is 342 g/mol. The molecule has 0 aromatic carbocycles. The Morgan fingerprint density at radius 2 is 2.11 bits per heavy atom. The molecule has 1 amide bonds. The Hall–Kier alpha value is -2.25. The number of ether oxygens (including phenoxy) is 1. The van der Waals surface area contributed by atoms with Gasteiger partial charge >= 0.3 is 0 Å². The van der Waals surface area contributed by atoms with Crippen LogP contribution < -0.4 is 0 Å². The van der Waals surface area contributed by atoms with Crippen molar-refractivity contribution in [3.63, 3.8) is 0 Å². The van der Waals surface area contributed by atoms with Gasteiger partial charge in [0, 0.05) is 31.9 Å². The number of hydrogen-bond donors (Lipinski definition) is 0. The van der Waals surface area contributed by atoms with E-state index in [-0.39, 0.29) is 5.91 Å². The van der Waals surface area contributed by atoms with Crippen molar-refractivity contribution in [1.29, 1.82) is 0 Å². The lowest BCUT2D eigenvalue weighted by Crippen LogP contribution is -2.63. The summed E-state index contributed by atoms with van der Waals surface area (Å²) in [5, 5.41) is 4.40. The predicted octanol–water partition coefficient (Wildman–Crippen LogP) is 1.51. The van der Waals surface area contributed by atoms with Crippen LogP contribution in [0.25, 0.3) is 5.82 Å². The largest absolute Gasteiger partial charge is 0.378 e. The van der Waals surface area contributed by atoms with Crippen molar-refractivity contribution in [2.45, 2.75) is 31.8 Å². The Bertz CT molecular complexity index is 832. The van der Waals surface area contributed by atoms with Gasteiger partial charge in [-0.3, -0.25) is 9.69 Å². The highest BCUT2D eigenvalue weighted by molar-refractivity contribution is 5.95. The maximum absolute atomic E-state index is 13.2. The third-order valence-corrected chi connectivity index (χ3v) is 6.11. The number of carbonyl (C=O) groups excluding carboxylic acids is 1. The fraction of sp³-hybridized carbons (Fsp3) is 0.550. The number of pyridine rings is 1. The third-order valence-electron chi connectivity index (χ3n) is 6.11. The molecule has 2 atom stereocenters. The van der Waals surface area contributed by atoms with Gasteiger partial charge in [0.05, 0.1) is 36.7 Å². The molecule has 2 aromatic rings. The minimum absolute atomic E-state index is 0.0582. The summed E-state index contributed by atoms with van der Waals surface area (Å²) in [5.74, 6) is 1.59. The lowest BCUT2D eigenvalue weighted by molar-refractivity contribution is -0.0816. The first-order chi connectivity index (χ1) is 13.2. The normalized spacial score (nSPS) is 26.0. The standard InChI is InChI=1S/C20H25N5O2/c1-14-17(10-22-25(14)19-4-2-3-7-21-19)20(26)23-8-9-24-16(11-23)12-27-13-18(24)15-5-6-15/h2-4,7,10,15-16,18H,5-6,8-9,11-13H2,1H3/t16-,18-/m1/s1. The highest BCUT2D eigenvalue weighted by Gasteiger charge is 2.43. The van der Waals surface area contributed by atoms with Gasteiger partial charge in [-0.05, 0) is 37.8 Å². The highest BCUT2D eigenvalue weighted by Crippen LogP contribution is 2.38. The molecule has 2 aromatic heterocycles. The van der Waals surface area contributed by atoms with Crippen LogP contribution in [0.4, 0.5) is 0 Å². The number of amides is 1. The van der Waals surface area contributed by atoms with Crippen molar-refractivity contribution < 1.29 is 9.53 Å². The molecular formula is C20H25N5O2. The summed E-state index contributed by atoms with van der Waals surface area (Å²) in [6.45, 7) is 5.94. The van der Waals surface area contributed by atoms with Gasteiger partial charge < -0.3 is 9.64 Å². The third kappa shape index (κ3) is 3.04. The lowest BCUT2D eigenvalue weighted by atomic mass is 10.0. The average molecular weight is 367 g/mol. The van der Waals surface area contributed by atoms with Crippen molar-refractivity contribution in [2.24, 2.45) is 5.92 Å². The average Bonchev–Trinajstić information content (AvgIpc) is 3.49.